The van der Waals surface area contributed by atoms with Crippen LogP contribution in [0.15, 0.2) is 24.3 Å². The summed E-state index contributed by atoms with van der Waals surface area (Å²) in [5, 5.41) is 2.03. The van der Waals surface area contributed by atoms with Gasteiger partial charge in [0.2, 0.25) is 5.41 Å². The summed E-state index contributed by atoms with van der Waals surface area (Å²) >= 11 is 0. The Morgan fingerprint density at radius 1 is 1.00 bits per heavy atom. The molecule has 0 amide bonds. The molecule has 3 fully saturated rings. The van der Waals surface area contributed by atoms with Gasteiger partial charge in [0, 0.05) is 24.4 Å². The third-order valence-electron chi connectivity index (χ3n) is 9.37. The smallest absolute Gasteiger partial charge is 0.328 e. The molecule has 0 bridgehead atoms. The number of benzene rings is 1. The van der Waals surface area contributed by atoms with Gasteiger partial charge in [-0.15, -0.1) is 0 Å². The third-order valence-corrected chi connectivity index (χ3v) is 9.37. The predicted octanol–water partition coefficient (Wildman–Crippen LogP) is 4.99. The second-order valence-corrected chi connectivity index (χ2v) is 11.8. The Balaban J connectivity index is 1.53. The van der Waals surface area contributed by atoms with Crippen LogP contribution in [0.25, 0.3) is 0 Å². The topological polar surface area (TPSA) is 105 Å². The van der Waals surface area contributed by atoms with E-state index in [0.29, 0.717) is 25.9 Å². The van der Waals surface area contributed by atoms with Crippen molar-refractivity contribution < 1.29 is 42.8 Å². The van der Waals surface area contributed by atoms with E-state index in [-0.39, 0.29) is 50.0 Å². The molecule has 6 unspecified atom stereocenters. The predicted molar refractivity (Wildman–Crippen MR) is 155 cm³/mol. The SMILES string of the molecule is CCOC(=O)C1(C(=O)OCC)COC2(CC(C)N(OC(C)c3ccc(OCC4CO4)cc3)C(C)C2C)OC1(CC)CC. The van der Waals surface area contributed by atoms with E-state index >= 15 is 0 Å². The summed E-state index contributed by atoms with van der Waals surface area (Å²) in [6.07, 6.45) is 1.32. The molecule has 3 aliphatic rings. The van der Waals surface area contributed by atoms with E-state index in [1.54, 1.807) is 13.8 Å². The average Bonchev–Trinajstić information content (AvgIpc) is 3.82. The van der Waals surface area contributed by atoms with Crippen molar-refractivity contribution in [1.82, 2.24) is 5.06 Å². The zero-order valence-corrected chi connectivity index (χ0v) is 26.5. The lowest BCUT2D eigenvalue weighted by Gasteiger charge is -2.61. The van der Waals surface area contributed by atoms with Crippen molar-refractivity contribution in [3.05, 3.63) is 29.8 Å². The molecule has 0 aromatic heterocycles. The molecule has 0 saturated carbocycles. The minimum absolute atomic E-state index is 0.0797. The van der Waals surface area contributed by atoms with Crippen LogP contribution in [0.4, 0.5) is 0 Å². The zero-order chi connectivity index (χ0) is 30.7. The molecule has 10 nitrogen and oxygen atoms in total. The summed E-state index contributed by atoms with van der Waals surface area (Å²) in [5.74, 6) is -1.70. The average molecular weight is 592 g/mol. The van der Waals surface area contributed by atoms with Gasteiger partial charge in [-0.1, -0.05) is 32.9 Å². The van der Waals surface area contributed by atoms with E-state index in [4.69, 9.17) is 33.3 Å². The molecule has 0 aliphatic carbocycles. The summed E-state index contributed by atoms with van der Waals surface area (Å²) in [4.78, 5) is 33.6. The molecule has 3 heterocycles. The zero-order valence-electron chi connectivity index (χ0n) is 26.5. The van der Waals surface area contributed by atoms with Crippen molar-refractivity contribution >= 4 is 11.9 Å². The molecule has 10 heteroatoms. The molecule has 1 aromatic rings. The van der Waals surface area contributed by atoms with E-state index in [9.17, 15) is 9.59 Å². The van der Waals surface area contributed by atoms with Crippen molar-refractivity contribution in [1.29, 1.82) is 0 Å². The minimum atomic E-state index is -1.72. The van der Waals surface area contributed by atoms with Crippen molar-refractivity contribution in [2.45, 2.75) is 110 Å². The summed E-state index contributed by atoms with van der Waals surface area (Å²) in [6.45, 7) is 17.0. The van der Waals surface area contributed by atoms with Gasteiger partial charge in [-0.3, -0.25) is 14.4 Å². The Kier molecular flexibility index (Phi) is 10.2. The van der Waals surface area contributed by atoms with Crippen molar-refractivity contribution in [3.8, 4) is 5.75 Å². The molecule has 3 aliphatic heterocycles. The lowest BCUT2D eigenvalue weighted by atomic mass is 9.66. The van der Waals surface area contributed by atoms with Gasteiger partial charge >= 0.3 is 11.9 Å². The van der Waals surface area contributed by atoms with Gasteiger partial charge < -0.3 is 28.4 Å². The van der Waals surface area contributed by atoms with Gasteiger partial charge in [-0.2, -0.15) is 5.06 Å². The number of carbonyl (C=O) groups excluding carboxylic acids is 2. The first kappa shape index (κ1) is 32.7. The van der Waals surface area contributed by atoms with Gasteiger partial charge in [0.05, 0.1) is 26.4 Å². The molecule has 1 spiro atoms. The van der Waals surface area contributed by atoms with Crippen LogP contribution in [0.5, 0.6) is 5.75 Å². The van der Waals surface area contributed by atoms with Gasteiger partial charge in [0.1, 0.15) is 30.2 Å². The Morgan fingerprint density at radius 2 is 1.60 bits per heavy atom. The van der Waals surface area contributed by atoms with E-state index < -0.39 is 28.7 Å². The van der Waals surface area contributed by atoms with Gasteiger partial charge in [0.15, 0.2) is 5.79 Å². The lowest BCUT2D eigenvalue weighted by Crippen LogP contribution is -2.73. The summed E-state index contributed by atoms with van der Waals surface area (Å²) < 4.78 is 35.4. The normalized spacial score (nSPS) is 30.9. The minimum Gasteiger partial charge on any atom is -0.491 e. The second-order valence-electron chi connectivity index (χ2n) is 11.8. The summed E-state index contributed by atoms with van der Waals surface area (Å²) in [7, 11) is 0. The number of hydrogen-bond donors (Lipinski definition) is 0. The van der Waals surface area contributed by atoms with Gasteiger partial charge in [0.25, 0.3) is 0 Å². The molecule has 0 N–H and O–H groups in total. The monoisotopic (exact) mass is 591 g/mol. The first-order valence-electron chi connectivity index (χ1n) is 15.5. The van der Waals surface area contributed by atoms with E-state index in [1.165, 1.54) is 0 Å². The van der Waals surface area contributed by atoms with Gasteiger partial charge in [-0.25, -0.2) is 0 Å². The van der Waals surface area contributed by atoms with Crippen LogP contribution in [-0.4, -0.2) is 79.6 Å². The Hall–Kier alpha value is -2.24. The van der Waals surface area contributed by atoms with E-state index in [1.807, 2.05) is 50.1 Å². The largest absolute Gasteiger partial charge is 0.491 e. The maximum absolute atomic E-state index is 13.5. The third kappa shape index (κ3) is 5.93. The lowest BCUT2D eigenvalue weighted by molar-refractivity contribution is -0.415. The molecular weight excluding hydrogens is 542 g/mol. The highest BCUT2D eigenvalue weighted by Crippen LogP contribution is 2.54. The maximum Gasteiger partial charge on any atom is 0.328 e. The van der Waals surface area contributed by atoms with Crippen molar-refractivity contribution in [2.75, 3.05) is 33.0 Å². The number of hydrogen-bond acceptors (Lipinski definition) is 10. The Bertz CT molecular complexity index is 1050. The maximum atomic E-state index is 13.5. The fourth-order valence-electron chi connectivity index (χ4n) is 6.52. The Morgan fingerprint density at radius 3 is 2.12 bits per heavy atom. The van der Waals surface area contributed by atoms with Crippen LogP contribution in [-0.2, 0) is 38.1 Å². The van der Waals surface area contributed by atoms with Crippen LogP contribution in [0.3, 0.4) is 0 Å². The number of carbonyl (C=O) groups is 2. The number of rotatable bonds is 12. The standard InChI is InChI=1S/C32H49NO9/c1-9-30(10-2)31(28(34)36-11-3,29(35)37-12-4)20-40-32(42-30)17-21(5)33(23(7)22(32)6)41-24(8)25-13-15-26(16-14-25)38-18-27-19-39-27/h13-16,21-24,27H,9-12,17-20H2,1-8H3. The number of nitrogens with zero attached hydrogens (tertiary/aromatic N) is 1. The number of epoxide rings is 1. The highest BCUT2D eigenvalue weighted by Gasteiger charge is 2.71. The van der Waals surface area contributed by atoms with E-state index in [0.717, 1.165) is 17.9 Å². The number of piperidine rings is 1. The van der Waals surface area contributed by atoms with Crippen LogP contribution in [0, 0.1) is 11.3 Å². The first-order valence-corrected chi connectivity index (χ1v) is 15.5. The molecule has 42 heavy (non-hydrogen) atoms. The molecule has 3 saturated heterocycles. The molecule has 236 valence electrons. The molecular formula is C32H49NO9. The highest BCUT2D eigenvalue weighted by molar-refractivity contribution is 6.02. The second kappa shape index (κ2) is 13.2. The first-order chi connectivity index (χ1) is 20.0. The van der Waals surface area contributed by atoms with Crippen LogP contribution >= 0.6 is 0 Å². The molecule has 4 rings (SSSR count). The Labute approximate surface area is 250 Å². The number of esters is 2. The quantitative estimate of drug-likeness (QED) is 0.188. The van der Waals surface area contributed by atoms with Crippen molar-refractivity contribution in [2.24, 2.45) is 11.3 Å². The fraction of sp³-hybridized carbons (Fsp3) is 0.750. The summed E-state index contributed by atoms with van der Waals surface area (Å²) in [6, 6.07) is 7.77. The fourth-order valence-corrected chi connectivity index (χ4v) is 6.52. The molecule has 6 atom stereocenters. The number of hydroxylamine groups is 2. The summed E-state index contributed by atoms with van der Waals surface area (Å²) in [5.41, 5.74) is -1.85. The molecule has 0 radical (unpaired) electrons. The molecule has 1 aromatic carbocycles. The van der Waals surface area contributed by atoms with Gasteiger partial charge in [-0.05, 0) is 65.2 Å². The van der Waals surface area contributed by atoms with Crippen LogP contribution < -0.4 is 4.74 Å². The van der Waals surface area contributed by atoms with Crippen molar-refractivity contribution in [3.63, 3.8) is 0 Å². The van der Waals surface area contributed by atoms with Crippen LogP contribution in [0.2, 0.25) is 0 Å². The highest BCUT2D eigenvalue weighted by atomic mass is 16.7. The number of ether oxygens (including phenoxy) is 6. The van der Waals surface area contributed by atoms with E-state index in [2.05, 4.69) is 20.8 Å². The van der Waals surface area contributed by atoms with Crippen LogP contribution in [0.1, 0.15) is 86.3 Å².